The molecule has 4 heteroatoms. The Hall–Kier alpha value is -1.81. The molecule has 0 radical (unpaired) electrons. The van der Waals surface area contributed by atoms with Crippen molar-refractivity contribution in [3.8, 4) is 0 Å². The average molecular weight is 258 g/mol. The maximum atomic E-state index is 5.72. The molecule has 0 aliphatic heterocycles. The quantitative estimate of drug-likeness (QED) is 0.838. The Morgan fingerprint density at radius 2 is 1.79 bits per heavy atom. The molecule has 1 aromatic heterocycles. The Morgan fingerprint density at radius 1 is 1.16 bits per heavy atom. The second-order valence-corrected chi connectivity index (χ2v) is 5.26. The van der Waals surface area contributed by atoms with Crippen molar-refractivity contribution in [1.82, 2.24) is 14.7 Å². The van der Waals surface area contributed by atoms with Gasteiger partial charge in [-0.05, 0) is 31.5 Å². The summed E-state index contributed by atoms with van der Waals surface area (Å²) in [6, 6.07) is 8.58. The monoisotopic (exact) mass is 258 g/mol. The molecular formula is C15H22N4. The van der Waals surface area contributed by atoms with Crippen molar-refractivity contribution in [2.45, 2.75) is 33.0 Å². The second-order valence-electron chi connectivity index (χ2n) is 5.26. The SMILES string of the molecule is CC(C)N(Cc1ccc(N)cc1)Cc1cnn(C)c1. The number of benzene rings is 1. The van der Waals surface area contributed by atoms with Gasteiger partial charge >= 0.3 is 0 Å². The van der Waals surface area contributed by atoms with Crippen LogP contribution in [-0.4, -0.2) is 20.7 Å². The number of hydrogen-bond donors (Lipinski definition) is 1. The smallest absolute Gasteiger partial charge is 0.0534 e. The van der Waals surface area contributed by atoms with Gasteiger partial charge in [0.15, 0.2) is 0 Å². The van der Waals surface area contributed by atoms with E-state index in [1.807, 2.05) is 30.1 Å². The summed E-state index contributed by atoms with van der Waals surface area (Å²) in [6.07, 6.45) is 4.00. The summed E-state index contributed by atoms with van der Waals surface area (Å²) in [4.78, 5) is 2.42. The summed E-state index contributed by atoms with van der Waals surface area (Å²) in [5.74, 6) is 0. The van der Waals surface area contributed by atoms with Crippen LogP contribution >= 0.6 is 0 Å². The van der Waals surface area contributed by atoms with E-state index in [1.54, 1.807) is 0 Å². The first kappa shape index (κ1) is 13.6. The van der Waals surface area contributed by atoms with Crippen molar-refractivity contribution in [3.63, 3.8) is 0 Å². The number of rotatable bonds is 5. The van der Waals surface area contributed by atoms with E-state index in [4.69, 9.17) is 5.73 Å². The lowest BCUT2D eigenvalue weighted by molar-refractivity contribution is 0.203. The van der Waals surface area contributed by atoms with Crippen molar-refractivity contribution in [2.24, 2.45) is 7.05 Å². The minimum absolute atomic E-state index is 0.484. The van der Waals surface area contributed by atoms with Gasteiger partial charge in [-0.1, -0.05) is 12.1 Å². The Kier molecular flexibility index (Phi) is 4.22. The van der Waals surface area contributed by atoms with Crippen LogP contribution in [0.4, 0.5) is 5.69 Å². The first-order chi connectivity index (χ1) is 9.04. The van der Waals surface area contributed by atoms with Crippen LogP contribution in [0.2, 0.25) is 0 Å². The van der Waals surface area contributed by atoms with Gasteiger partial charge in [0.1, 0.15) is 0 Å². The molecule has 0 aliphatic carbocycles. The fourth-order valence-electron chi connectivity index (χ4n) is 2.07. The third kappa shape index (κ3) is 3.83. The van der Waals surface area contributed by atoms with Gasteiger partial charge in [-0.25, -0.2) is 0 Å². The number of nitrogen functional groups attached to an aromatic ring is 1. The van der Waals surface area contributed by atoms with Crippen LogP contribution in [0.5, 0.6) is 0 Å². The highest BCUT2D eigenvalue weighted by atomic mass is 15.2. The van der Waals surface area contributed by atoms with Crippen LogP contribution in [0, 0.1) is 0 Å². The lowest BCUT2D eigenvalue weighted by atomic mass is 10.1. The molecule has 0 amide bonds. The fourth-order valence-corrected chi connectivity index (χ4v) is 2.07. The molecule has 102 valence electrons. The van der Waals surface area contributed by atoms with Gasteiger partial charge in [0.05, 0.1) is 6.20 Å². The molecule has 19 heavy (non-hydrogen) atoms. The minimum atomic E-state index is 0.484. The van der Waals surface area contributed by atoms with Crippen LogP contribution in [0.15, 0.2) is 36.7 Å². The molecule has 2 aromatic rings. The van der Waals surface area contributed by atoms with Crippen molar-refractivity contribution >= 4 is 5.69 Å². The zero-order valence-corrected chi connectivity index (χ0v) is 11.9. The normalized spacial score (nSPS) is 11.4. The largest absolute Gasteiger partial charge is 0.399 e. The van der Waals surface area contributed by atoms with Gasteiger partial charge in [-0.2, -0.15) is 5.10 Å². The Bertz CT molecular complexity index is 513. The van der Waals surface area contributed by atoms with Gasteiger partial charge in [0.25, 0.3) is 0 Å². The molecular weight excluding hydrogens is 236 g/mol. The number of hydrogen-bond acceptors (Lipinski definition) is 3. The summed E-state index contributed by atoms with van der Waals surface area (Å²) < 4.78 is 1.84. The highest BCUT2D eigenvalue weighted by Gasteiger charge is 2.11. The number of nitrogens with two attached hydrogens (primary N) is 1. The van der Waals surface area contributed by atoms with E-state index < -0.39 is 0 Å². The molecule has 2 rings (SSSR count). The number of anilines is 1. The summed E-state index contributed by atoms with van der Waals surface area (Å²) in [5.41, 5.74) is 9.06. The molecule has 1 aromatic carbocycles. The average Bonchev–Trinajstić information content (AvgIpc) is 2.76. The maximum absolute atomic E-state index is 5.72. The first-order valence-electron chi connectivity index (χ1n) is 6.60. The van der Waals surface area contributed by atoms with E-state index in [-0.39, 0.29) is 0 Å². The van der Waals surface area contributed by atoms with Gasteiger partial charge in [0, 0.05) is 43.6 Å². The molecule has 0 bridgehead atoms. The van der Waals surface area contributed by atoms with E-state index in [1.165, 1.54) is 11.1 Å². The second kappa shape index (κ2) is 5.89. The van der Waals surface area contributed by atoms with E-state index in [0.717, 1.165) is 18.8 Å². The van der Waals surface area contributed by atoms with Gasteiger partial charge in [-0.15, -0.1) is 0 Å². The number of nitrogens with zero attached hydrogens (tertiary/aromatic N) is 3. The lowest BCUT2D eigenvalue weighted by Crippen LogP contribution is -2.29. The number of aryl methyl sites for hydroxylation is 1. The zero-order chi connectivity index (χ0) is 13.8. The highest BCUT2D eigenvalue weighted by Crippen LogP contribution is 2.14. The Morgan fingerprint density at radius 3 is 2.32 bits per heavy atom. The van der Waals surface area contributed by atoms with E-state index in [2.05, 4.69) is 42.2 Å². The number of aromatic nitrogens is 2. The molecule has 0 fully saturated rings. The summed E-state index contributed by atoms with van der Waals surface area (Å²) >= 11 is 0. The van der Waals surface area contributed by atoms with Crippen LogP contribution in [0.3, 0.4) is 0 Å². The lowest BCUT2D eigenvalue weighted by Gasteiger charge is -2.26. The van der Waals surface area contributed by atoms with E-state index in [9.17, 15) is 0 Å². The predicted molar refractivity (Wildman–Crippen MR) is 78.4 cm³/mol. The van der Waals surface area contributed by atoms with Gasteiger partial charge in [0.2, 0.25) is 0 Å². The van der Waals surface area contributed by atoms with Crippen molar-refractivity contribution < 1.29 is 0 Å². The first-order valence-corrected chi connectivity index (χ1v) is 6.60. The molecule has 0 saturated heterocycles. The molecule has 1 heterocycles. The topological polar surface area (TPSA) is 47.1 Å². The molecule has 0 unspecified atom stereocenters. The van der Waals surface area contributed by atoms with Crippen molar-refractivity contribution in [3.05, 3.63) is 47.8 Å². The third-order valence-electron chi connectivity index (χ3n) is 3.24. The van der Waals surface area contributed by atoms with Crippen LogP contribution in [0.25, 0.3) is 0 Å². The minimum Gasteiger partial charge on any atom is -0.399 e. The molecule has 4 nitrogen and oxygen atoms in total. The highest BCUT2D eigenvalue weighted by molar-refractivity contribution is 5.39. The maximum Gasteiger partial charge on any atom is 0.0534 e. The summed E-state index contributed by atoms with van der Waals surface area (Å²) in [5, 5.41) is 4.22. The molecule has 0 atom stereocenters. The third-order valence-corrected chi connectivity index (χ3v) is 3.24. The van der Waals surface area contributed by atoms with Gasteiger partial charge in [-0.3, -0.25) is 9.58 Å². The molecule has 0 spiro atoms. The fraction of sp³-hybridized carbons (Fsp3) is 0.400. The Balaban J connectivity index is 2.06. The summed E-state index contributed by atoms with van der Waals surface area (Å²) in [7, 11) is 1.95. The van der Waals surface area contributed by atoms with Crippen molar-refractivity contribution in [1.29, 1.82) is 0 Å². The van der Waals surface area contributed by atoms with Gasteiger partial charge < -0.3 is 5.73 Å². The molecule has 0 saturated carbocycles. The standard InChI is InChI=1S/C15H22N4/c1-12(2)19(11-14-8-17-18(3)9-14)10-13-4-6-15(16)7-5-13/h4-9,12H,10-11,16H2,1-3H3. The van der Waals surface area contributed by atoms with Crippen molar-refractivity contribution in [2.75, 3.05) is 5.73 Å². The summed E-state index contributed by atoms with van der Waals surface area (Å²) in [6.45, 7) is 6.27. The Labute approximate surface area is 114 Å². The van der Waals surface area contributed by atoms with E-state index in [0.29, 0.717) is 6.04 Å². The van der Waals surface area contributed by atoms with Crippen LogP contribution in [-0.2, 0) is 20.1 Å². The van der Waals surface area contributed by atoms with Crippen LogP contribution in [0.1, 0.15) is 25.0 Å². The molecule has 2 N–H and O–H groups in total. The predicted octanol–water partition coefficient (Wildman–Crippen LogP) is 2.41. The van der Waals surface area contributed by atoms with Crippen LogP contribution < -0.4 is 5.73 Å². The molecule has 0 aliphatic rings. The van der Waals surface area contributed by atoms with E-state index >= 15 is 0 Å². The zero-order valence-electron chi connectivity index (χ0n) is 11.9.